The van der Waals surface area contributed by atoms with E-state index in [1.54, 1.807) is 16.9 Å². The maximum atomic E-state index is 11.9. The number of aryl methyl sites for hydroxylation is 1. The summed E-state index contributed by atoms with van der Waals surface area (Å²) >= 11 is 0. The highest BCUT2D eigenvalue weighted by Gasteiger charge is 2.10. The number of pyridine rings is 1. The molecule has 106 valence electrons. The maximum Gasteiger partial charge on any atom is 0.271 e. The number of hydrogen-bond acceptors (Lipinski definition) is 3. The second-order valence-electron chi connectivity index (χ2n) is 5.05. The molecule has 1 amide bonds. The first-order valence-electron chi connectivity index (χ1n) is 6.82. The fourth-order valence-corrected chi connectivity index (χ4v) is 1.91. The zero-order valence-electron chi connectivity index (χ0n) is 12.1. The number of aromatic nitrogens is 3. The van der Waals surface area contributed by atoms with Crippen LogP contribution in [0.15, 0.2) is 30.6 Å². The van der Waals surface area contributed by atoms with Crippen molar-refractivity contribution in [2.24, 2.45) is 0 Å². The quantitative estimate of drug-likeness (QED) is 0.907. The molecular weight excluding hydrogens is 252 g/mol. The van der Waals surface area contributed by atoms with E-state index in [1.807, 2.05) is 39.1 Å². The van der Waals surface area contributed by atoms with Crippen LogP contribution >= 0.6 is 0 Å². The van der Waals surface area contributed by atoms with E-state index in [4.69, 9.17) is 0 Å². The SMILES string of the molecule is Cc1cccnc1CCNC(=O)c1ccn(C(C)C)n1. The van der Waals surface area contributed by atoms with E-state index < -0.39 is 0 Å². The van der Waals surface area contributed by atoms with Gasteiger partial charge in [0.1, 0.15) is 5.69 Å². The van der Waals surface area contributed by atoms with Crippen molar-refractivity contribution in [2.45, 2.75) is 33.2 Å². The Kier molecular flexibility index (Phi) is 4.50. The number of nitrogens with one attached hydrogen (secondary N) is 1. The van der Waals surface area contributed by atoms with Crippen molar-refractivity contribution in [2.75, 3.05) is 6.54 Å². The molecule has 5 nitrogen and oxygen atoms in total. The molecule has 0 fully saturated rings. The van der Waals surface area contributed by atoms with Crippen LogP contribution in [0.1, 0.15) is 41.6 Å². The largest absolute Gasteiger partial charge is 0.350 e. The first kappa shape index (κ1) is 14.2. The number of carbonyl (C=O) groups is 1. The van der Waals surface area contributed by atoms with Crippen molar-refractivity contribution in [1.29, 1.82) is 0 Å². The molecule has 0 unspecified atom stereocenters. The van der Waals surface area contributed by atoms with Crippen LogP contribution in [-0.4, -0.2) is 27.2 Å². The molecule has 0 aliphatic rings. The van der Waals surface area contributed by atoms with Gasteiger partial charge in [0.2, 0.25) is 0 Å². The third-order valence-electron chi connectivity index (χ3n) is 3.14. The van der Waals surface area contributed by atoms with E-state index >= 15 is 0 Å². The zero-order valence-corrected chi connectivity index (χ0v) is 12.1. The fraction of sp³-hybridized carbons (Fsp3) is 0.400. The van der Waals surface area contributed by atoms with Crippen molar-refractivity contribution in [3.05, 3.63) is 47.5 Å². The molecule has 5 heteroatoms. The van der Waals surface area contributed by atoms with Crippen molar-refractivity contribution in [1.82, 2.24) is 20.1 Å². The van der Waals surface area contributed by atoms with Crippen LogP contribution in [0.5, 0.6) is 0 Å². The van der Waals surface area contributed by atoms with Gasteiger partial charge in [0.15, 0.2) is 0 Å². The Balaban J connectivity index is 1.87. The minimum Gasteiger partial charge on any atom is -0.350 e. The Morgan fingerprint density at radius 3 is 2.85 bits per heavy atom. The van der Waals surface area contributed by atoms with Crippen LogP contribution in [-0.2, 0) is 6.42 Å². The van der Waals surface area contributed by atoms with Gasteiger partial charge in [0, 0.05) is 37.1 Å². The molecule has 0 saturated carbocycles. The zero-order chi connectivity index (χ0) is 14.5. The van der Waals surface area contributed by atoms with Gasteiger partial charge in [0.25, 0.3) is 5.91 Å². The van der Waals surface area contributed by atoms with Gasteiger partial charge in [-0.25, -0.2) is 0 Å². The van der Waals surface area contributed by atoms with E-state index in [2.05, 4.69) is 15.4 Å². The van der Waals surface area contributed by atoms with Gasteiger partial charge in [-0.3, -0.25) is 14.5 Å². The summed E-state index contributed by atoms with van der Waals surface area (Å²) in [6, 6.07) is 5.93. The Hall–Kier alpha value is -2.17. The number of rotatable bonds is 5. The predicted molar refractivity (Wildman–Crippen MR) is 77.6 cm³/mol. The molecule has 0 saturated heterocycles. The van der Waals surface area contributed by atoms with Crippen molar-refractivity contribution < 1.29 is 4.79 Å². The number of carbonyl (C=O) groups excluding carboxylic acids is 1. The lowest BCUT2D eigenvalue weighted by Gasteiger charge is -2.06. The standard InChI is InChI=1S/C15H20N4O/c1-11(2)19-10-7-14(18-19)15(20)17-9-6-13-12(3)5-4-8-16-13/h4-5,7-8,10-11H,6,9H2,1-3H3,(H,17,20). The third kappa shape index (κ3) is 3.44. The summed E-state index contributed by atoms with van der Waals surface area (Å²) in [4.78, 5) is 16.3. The van der Waals surface area contributed by atoms with Crippen LogP contribution in [0, 0.1) is 6.92 Å². The van der Waals surface area contributed by atoms with E-state index in [-0.39, 0.29) is 11.9 Å². The third-order valence-corrected chi connectivity index (χ3v) is 3.14. The molecule has 0 aromatic carbocycles. The van der Waals surface area contributed by atoms with Crippen molar-refractivity contribution in [3.63, 3.8) is 0 Å². The van der Waals surface area contributed by atoms with Gasteiger partial charge in [0.05, 0.1) is 0 Å². The molecule has 0 atom stereocenters. The molecule has 0 radical (unpaired) electrons. The normalized spacial score (nSPS) is 10.8. The van der Waals surface area contributed by atoms with Gasteiger partial charge in [-0.15, -0.1) is 0 Å². The smallest absolute Gasteiger partial charge is 0.271 e. The summed E-state index contributed by atoms with van der Waals surface area (Å²) in [6.07, 6.45) is 4.32. The summed E-state index contributed by atoms with van der Waals surface area (Å²) in [5, 5.41) is 7.11. The molecular formula is C15H20N4O. The molecule has 1 N–H and O–H groups in total. The Morgan fingerprint density at radius 2 is 2.20 bits per heavy atom. The van der Waals surface area contributed by atoms with E-state index in [9.17, 15) is 4.79 Å². The van der Waals surface area contributed by atoms with Crippen LogP contribution < -0.4 is 5.32 Å². The lowest BCUT2D eigenvalue weighted by molar-refractivity contribution is 0.0948. The lowest BCUT2D eigenvalue weighted by atomic mass is 10.1. The minimum atomic E-state index is -0.141. The van der Waals surface area contributed by atoms with Gasteiger partial charge in [-0.1, -0.05) is 6.07 Å². The monoisotopic (exact) mass is 272 g/mol. The van der Waals surface area contributed by atoms with Gasteiger partial charge in [-0.05, 0) is 38.5 Å². The lowest BCUT2D eigenvalue weighted by Crippen LogP contribution is -2.26. The Labute approximate surface area is 119 Å². The van der Waals surface area contributed by atoms with Crippen LogP contribution in [0.4, 0.5) is 0 Å². The van der Waals surface area contributed by atoms with Crippen molar-refractivity contribution >= 4 is 5.91 Å². The average Bonchev–Trinajstić information content (AvgIpc) is 2.91. The average molecular weight is 272 g/mol. The van der Waals surface area contributed by atoms with E-state index in [0.29, 0.717) is 12.2 Å². The molecule has 2 aromatic heterocycles. The summed E-state index contributed by atoms with van der Waals surface area (Å²) in [6.45, 7) is 6.64. The highest BCUT2D eigenvalue weighted by Crippen LogP contribution is 2.05. The van der Waals surface area contributed by atoms with Crippen LogP contribution in [0.3, 0.4) is 0 Å². The number of amides is 1. The fourth-order valence-electron chi connectivity index (χ4n) is 1.91. The molecule has 2 aromatic rings. The molecule has 0 aliphatic heterocycles. The highest BCUT2D eigenvalue weighted by molar-refractivity contribution is 5.92. The second-order valence-corrected chi connectivity index (χ2v) is 5.05. The first-order valence-corrected chi connectivity index (χ1v) is 6.82. The Bertz CT molecular complexity index is 589. The van der Waals surface area contributed by atoms with E-state index in [0.717, 1.165) is 17.7 Å². The minimum absolute atomic E-state index is 0.141. The number of nitrogens with zero attached hydrogens (tertiary/aromatic N) is 3. The maximum absolute atomic E-state index is 11.9. The van der Waals surface area contributed by atoms with Gasteiger partial charge < -0.3 is 5.32 Å². The summed E-state index contributed by atoms with van der Waals surface area (Å²) < 4.78 is 1.78. The van der Waals surface area contributed by atoms with Crippen LogP contribution in [0.25, 0.3) is 0 Å². The topological polar surface area (TPSA) is 59.8 Å². The second kappa shape index (κ2) is 6.32. The van der Waals surface area contributed by atoms with E-state index in [1.165, 1.54) is 0 Å². The Morgan fingerprint density at radius 1 is 1.40 bits per heavy atom. The molecule has 20 heavy (non-hydrogen) atoms. The first-order chi connectivity index (χ1) is 9.58. The molecule has 2 heterocycles. The molecule has 0 aliphatic carbocycles. The van der Waals surface area contributed by atoms with Crippen molar-refractivity contribution in [3.8, 4) is 0 Å². The summed E-state index contributed by atoms with van der Waals surface area (Å²) in [5.74, 6) is -0.141. The molecule has 0 bridgehead atoms. The predicted octanol–water partition coefficient (Wildman–Crippen LogP) is 2.14. The number of hydrogen-bond donors (Lipinski definition) is 1. The van der Waals surface area contributed by atoms with Crippen LogP contribution in [0.2, 0.25) is 0 Å². The summed E-state index contributed by atoms with van der Waals surface area (Å²) in [7, 11) is 0. The summed E-state index contributed by atoms with van der Waals surface area (Å²) in [5.41, 5.74) is 2.61. The van der Waals surface area contributed by atoms with Gasteiger partial charge >= 0.3 is 0 Å². The van der Waals surface area contributed by atoms with Gasteiger partial charge in [-0.2, -0.15) is 5.10 Å². The molecule has 2 rings (SSSR count). The highest BCUT2D eigenvalue weighted by atomic mass is 16.1. The molecule has 0 spiro atoms.